The summed E-state index contributed by atoms with van der Waals surface area (Å²) in [6.07, 6.45) is 14.3. The number of quaternary nitrogens is 2. The van der Waals surface area contributed by atoms with Crippen LogP contribution in [0.25, 0.3) is 0 Å². The van der Waals surface area contributed by atoms with E-state index in [4.69, 9.17) is 0 Å². The molecule has 6 heteroatoms. The normalized spacial score (nSPS) is 32.9. The van der Waals surface area contributed by atoms with E-state index < -0.39 is 0 Å². The van der Waals surface area contributed by atoms with Crippen LogP contribution in [0.3, 0.4) is 0 Å². The van der Waals surface area contributed by atoms with Crippen LogP contribution in [-0.4, -0.2) is 96.3 Å². The molecule has 42 heavy (non-hydrogen) atoms. The van der Waals surface area contributed by atoms with Crippen molar-refractivity contribution in [1.29, 1.82) is 0 Å². The summed E-state index contributed by atoms with van der Waals surface area (Å²) < 4.78 is 2.72. The Kier molecular flexibility index (Phi) is 13.0. The molecule has 4 aliphatic heterocycles. The number of piperazine rings is 2. The smallest absolute Gasteiger partial charge is 0.102 e. The summed E-state index contributed by atoms with van der Waals surface area (Å²) >= 11 is 0. The van der Waals surface area contributed by atoms with E-state index in [1.165, 1.54) is 124 Å². The first kappa shape index (κ1) is 34.6. The zero-order valence-electron chi connectivity index (χ0n) is 26.4. The molecule has 4 bridgehead atoms. The third-order valence-electron chi connectivity index (χ3n) is 11.9. The van der Waals surface area contributed by atoms with Crippen molar-refractivity contribution in [3.05, 3.63) is 71.8 Å². The number of piperidine rings is 2. The average Bonchev–Trinajstić information content (AvgIpc) is 2.93. The number of likely N-dealkylation sites (N-methyl/N-ethyl adjacent to an activating group) is 2. The molecule has 0 spiro atoms. The van der Waals surface area contributed by atoms with E-state index in [1.807, 2.05) is 0 Å². The summed E-state index contributed by atoms with van der Waals surface area (Å²) in [5.41, 5.74) is 2.96. The third kappa shape index (κ3) is 7.93. The van der Waals surface area contributed by atoms with Crippen LogP contribution in [0.4, 0.5) is 0 Å². The number of likely N-dealkylation sites (tertiary alicyclic amines) is 2. The van der Waals surface area contributed by atoms with Crippen molar-refractivity contribution < 1.29 is 56.9 Å². The van der Waals surface area contributed by atoms with E-state index in [-0.39, 0.29) is 48.0 Å². The molecule has 2 aromatic rings. The Labute approximate surface area is 291 Å². The molecule has 0 saturated carbocycles. The van der Waals surface area contributed by atoms with Gasteiger partial charge in [0.15, 0.2) is 0 Å². The number of unbranched alkanes of at least 4 members (excludes halogenated alkanes) is 3. The Morgan fingerprint density at radius 2 is 0.857 bits per heavy atom. The Balaban J connectivity index is 0.00000202. The van der Waals surface area contributed by atoms with Gasteiger partial charge in [-0.05, 0) is 49.7 Å². The molecule has 0 aliphatic carbocycles. The Bertz CT molecular complexity index is 953. The van der Waals surface area contributed by atoms with Crippen molar-refractivity contribution >= 4 is 0 Å². The molecule has 4 unspecified atom stereocenters. The first-order valence-corrected chi connectivity index (χ1v) is 16.8. The van der Waals surface area contributed by atoms with Crippen LogP contribution in [0, 0.1) is 0 Å². The van der Waals surface area contributed by atoms with Gasteiger partial charge in [0.05, 0.1) is 53.4 Å². The molecule has 4 heterocycles. The van der Waals surface area contributed by atoms with E-state index >= 15 is 0 Å². The highest BCUT2D eigenvalue weighted by molar-refractivity contribution is 5.15. The van der Waals surface area contributed by atoms with Gasteiger partial charge in [-0.3, -0.25) is 9.80 Å². The topological polar surface area (TPSA) is 6.48 Å². The van der Waals surface area contributed by atoms with Crippen molar-refractivity contribution in [1.82, 2.24) is 9.80 Å². The fourth-order valence-electron chi connectivity index (χ4n) is 9.34. The van der Waals surface area contributed by atoms with E-state index in [2.05, 4.69) is 84.6 Å². The lowest BCUT2D eigenvalue weighted by Crippen LogP contribution is -3.00. The van der Waals surface area contributed by atoms with Crippen LogP contribution in [-0.2, 0) is 13.1 Å². The van der Waals surface area contributed by atoms with Crippen LogP contribution >= 0.6 is 0 Å². The molecule has 4 nitrogen and oxygen atoms in total. The number of nitrogens with zero attached hydrogens (tertiary/aromatic N) is 4. The fourth-order valence-corrected chi connectivity index (χ4v) is 9.34. The summed E-state index contributed by atoms with van der Waals surface area (Å²) in [6, 6.07) is 25.6. The van der Waals surface area contributed by atoms with Gasteiger partial charge < -0.3 is 56.9 Å². The molecule has 0 radical (unpaired) electrons. The highest BCUT2D eigenvalue weighted by Gasteiger charge is 2.49. The first-order chi connectivity index (χ1) is 19.5. The first-order valence-electron chi connectivity index (χ1n) is 16.8. The number of hydrogen-bond acceptors (Lipinski definition) is 2. The lowest BCUT2D eigenvalue weighted by Gasteiger charge is -2.56. The molecule has 4 atom stereocenters. The molecule has 234 valence electrons. The fraction of sp³-hybridized carbons (Fsp3) is 0.667. The number of hydrogen-bond donors (Lipinski definition) is 0. The zero-order chi connectivity index (χ0) is 27.4. The second-order valence-electron chi connectivity index (χ2n) is 14.4. The molecule has 0 aromatic heterocycles. The van der Waals surface area contributed by atoms with Gasteiger partial charge >= 0.3 is 0 Å². The largest absolute Gasteiger partial charge is 1.00 e. The SMILES string of the molecule is C[N+]1(CCCCCC[N+]2(C)C3CCCC2CN(Cc2ccccc2)C3)C2CCCC1CN(Cc1ccccc1)C2.[I-].[I-]. The summed E-state index contributed by atoms with van der Waals surface area (Å²) in [5, 5.41) is 0. The molecular weight excluding hydrogens is 742 g/mol. The minimum Gasteiger partial charge on any atom is -1.00 e. The van der Waals surface area contributed by atoms with E-state index in [9.17, 15) is 0 Å². The highest BCUT2D eigenvalue weighted by Crippen LogP contribution is 2.37. The number of rotatable bonds is 11. The molecule has 4 aliphatic rings. The van der Waals surface area contributed by atoms with E-state index in [0.717, 1.165) is 37.3 Å². The number of halogens is 2. The minimum atomic E-state index is 0. The molecule has 6 rings (SSSR count). The predicted octanol–water partition coefficient (Wildman–Crippen LogP) is 0.322. The minimum absolute atomic E-state index is 0. The van der Waals surface area contributed by atoms with Crippen LogP contribution in [0.5, 0.6) is 0 Å². The van der Waals surface area contributed by atoms with Crippen molar-refractivity contribution in [2.75, 3.05) is 53.4 Å². The van der Waals surface area contributed by atoms with Crippen molar-refractivity contribution in [2.24, 2.45) is 0 Å². The maximum atomic E-state index is 2.77. The summed E-state index contributed by atoms with van der Waals surface area (Å²) in [5.74, 6) is 0. The van der Waals surface area contributed by atoms with E-state index in [1.54, 1.807) is 0 Å². The van der Waals surface area contributed by atoms with Crippen LogP contribution in [0.15, 0.2) is 60.7 Å². The van der Waals surface area contributed by atoms with Gasteiger partial charge in [-0.15, -0.1) is 0 Å². The van der Waals surface area contributed by atoms with Gasteiger partial charge in [-0.2, -0.15) is 0 Å². The number of fused-ring (bicyclic) bond motifs is 4. The van der Waals surface area contributed by atoms with Gasteiger partial charge in [-0.25, -0.2) is 0 Å². The summed E-state index contributed by atoms with van der Waals surface area (Å²) in [6.45, 7) is 10.3. The number of benzene rings is 2. The van der Waals surface area contributed by atoms with Crippen molar-refractivity contribution in [2.45, 2.75) is 101 Å². The molecule has 0 amide bonds. The molecule has 0 N–H and O–H groups in total. The lowest BCUT2D eigenvalue weighted by atomic mass is 9.87. The Hall–Kier alpha value is -0.260. The van der Waals surface area contributed by atoms with Gasteiger partial charge in [0.1, 0.15) is 24.2 Å². The summed E-state index contributed by atoms with van der Waals surface area (Å²) in [4.78, 5) is 5.54. The standard InChI is InChI=1S/C36H56N4.2HI/c1-39(33-19-13-20-34(39)28-37(27-33)25-31-15-7-5-8-16-31)23-11-3-4-12-24-40(2)35-21-14-22-36(40)30-38(29-35)26-32-17-9-6-10-18-32;;/h5-10,15-18,33-36H,3-4,11-14,19-30H2,1-2H3;2*1H/q+2;;/p-2. The quantitative estimate of drug-likeness (QED) is 0.184. The second-order valence-corrected chi connectivity index (χ2v) is 14.4. The van der Waals surface area contributed by atoms with Crippen molar-refractivity contribution in [3.63, 3.8) is 0 Å². The lowest BCUT2D eigenvalue weighted by molar-refractivity contribution is -0.966. The maximum Gasteiger partial charge on any atom is 0.102 e. The Morgan fingerprint density at radius 1 is 0.524 bits per heavy atom. The Morgan fingerprint density at radius 3 is 1.19 bits per heavy atom. The van der Waals surface area contributed by atoms with Gasteiger partial charge in [-0.1, -0.05) is 60.7 Å². The molecule has 4 fully saturated rings. The molecule has 4 saturated heterocycles. The van der Waals surface area contributed by atoms with E-state index in [0.29, 0.717) is 0 Å². The van der Waals surface area contributed by atoms with Crippen LogP contribution < -0.4 is 48.0 Å². The predicted molar refractivity (Wildman–Crippen MR) is 167 cm³/mol. The van der Waals surface area contributed by atoms with Gasteiger partial charge in [0.2, 0.25) is 0 Å². The highest BCUT2D eigenvalue weighted by atomic mass is 127. The van der Waals surface area contributed by atoms with Crippen LogP contribution in [0.1, 0.15) is 75.3 Å². The average molecular weight is 799 g/mol. The van der Waals surface area contributed by atoms with Crippen molar-refractivity contribution in [3.8, 4) is 0 Å². The summed E-state index contributed by atoms with van der Waals surface area (Å²) in [7, 11) is 5.24. The zero-order valence-corrected chi connectivity index (χ0v) is 30.7. The van der Waals surface area contributed by atoms with Gasteiger partial charge in [0, 0.05) is 38.8 Å². The molecular formula is C36H56I2N4. The second kappa shape index (κ2) is 15.8. The monoisotopic (exact) mass is 798 g/mol. The van der Waals surface area contributed by atoms with Gasteiger partial charge in [0.25, 0.3) is 0 Å². The molecule has 2 aromatic carbocycles. The van der Waals surface area contributed by atoms with Crippen LogP contribution in [0.2, 0.25) is 0 Å². The maximum absolute atomic E-state index is 2.77. The third-order valence-corrected chi connectivity index (χ3v) is 11.9.